The molecule has 0 aliphatic carbocycles. The van der Waals surface area contributed by atoms with Crippen LogP contribution in [0.15, 0.2) is 42.9 Å². The van der Waals surface area contributed by atoms with E-state index in [1.165, 1.54) is 0 Å². The second kappa shape index (κ2) is 3.53. The molecule has 0 amide bonds. The van der Waals surface area contributed by atoms with E-state index in [-0.39, 0.29) is 0 Å². The number of nitrogens with one attached hydrogen (secondary N) is 1. The Morgan fingerprint density at radius 2 is 2.12 bits per heavy atom. The van der Waals surface area contributed by atoms with Crippen LogP contribution in [0.2, 0.25) is 0 Å². The first-order valence-corrected chi connectivity index (χ1v) is 5.23. The molecule has 0 aliphatic heterocycles. The summed E-state index contributed by atoms with van der Waals surface area (Å²) in [4.78, 5) is 4.30. The van der Waals surface area contributed by atoms with Gasteiger partial charge in [-0.25, -0.2) is 0 Å². The molecule has 0 fully saturated rings. The van der Waals surface area contributed by atoms with E-state index in [1.807, 2.05) is 34.9 Å². The summed E-state index contributed by atoms with van der Waals surface area (Å²) in [6.07, 6.45) is 3.45. The number of aromatic nitrogens is 4. The number of aromatic amines is 1. The largest absolute Gasteiger partial charge is 0.274 e. The summed E-state index contributed by atoms with van der Waals surface area (Å²) >= 11 is 5.15. The zero-order valence-electron chi connectivity index (χ0n) is 8.29. The topological polar surface area (TPSA) is 46.5 Å². The molecule has 0 atom stereocenters. The molecule has 0 saturated heterocycles. The van der Waals surface area contributed by atoms with Crippen LogP contribution in [0.5, 0.6) is 0 Å². The van der Waals surface area contributed by atoms with Gasteiger partial charge in [0, 0.05) is 11.6 Å². The van der Waals surface area contributed by atoms with Gasteiger partial charge in [-0.3, -0.25) is 14.6 Å². The number of fused-ring (bicyclic) bond motifs is 1. The molecule has 4 nitrogen and oxygen atoms in total. The third-order valence-electron chi connectivity index (χ3n) is 2.43. The molecule has 78 valence electrons. The fourth-order valence-electron chi connectivity index (χ4n) is 1.72. The fraction of sp³-hybridized carbons (Fsp3) is 0. The van der Waals surface area contributed by atoms with E-state index < -0.39 is 0 Å². The molecular weight excluding hydrogens is 220 g/mol. The SMILES string of the molecule is S=c1[nH]ncn1-c1cccc2ncccc12. The van der Waals surface area contributed by atoms with Gasteiger partial charge in [0.1, 0.15) is 6.33 Å². The van der Waals surface area contributed by atoms with E-state index >= 15 is 0 Å². The van der Waals surface area contributed by atoms with Gasteiger partial charge < -0.3 is 0 Å². The van der Waals surface area contributed by atoms with Crippen molar-refractivity contribution in [3.63, 3.8) is 0 Å². The van der Waals surface area contributed by atoms with Crippen LogP contribution in [-0.4, -0.2) is 19.7 Å². The molecule has 0 unspecified atom stereocenters. The minimum atomic E-state index is 0.580. The highest BCUT2D eigenvalue weighted by atomic mass is 32.1. The lowest BCUT2D eigenvalue weighted by molar-refractivity contribution is 1.04. The number of hydrogen-bond donors (Lipinski definition) is 1. The molecule has 0 spiro atoms. The van der Waals surface area contributed by atoms with Gasteiger partial charge in [0.05, 0.1) is 11.2 Å². The van der Waals surface area contributed by atoms with Crippen molar-refractivity contribution in [2.24, 2.45) is 0 Å². The fourth-order valence-corrected chi connectivity index (χ4v) is 1.92. The van der Waals surface area contributed by atoms with Crippen LogP contribution >= 0.6 is 12.2 Å². The molecule has 0 aliphatic rings. The third-order valence-corrected chi connectivity index (χ3v) is 2.72. The molecule has 5 heteroatoms. The van der Waals surface area contributed by atoms with E-state index in [1.54, 1.807) is 12.5 Å². The first kappa shape index (κ1) is 9.23. The highest BCUT2D eigenvalue weighted by molar-refractivity contribution is 7.71. The van der Waals surface area contributed by atoms with E-state index in [2.05, 4.69) is 15.2 Å². The number of pyridine rings is 1. The summed E-state index contributed by atoms with van der Waals surface area (Å²) in [7, 11) is 0. The molecule has 3 rings (SSSR count). The van der Waals surface area contributed by atoms with Crippen molar-refractivity contribution >= 4 is 23.1 Å². The number of rotatable bonds is 1. The Bertz CT molecular complexity index is 693. The van der Waals surface area contributed by atoms with Crippen molar-refractivity contribution in [1.29, 1.82) is 0 Å². The molecule has 0 bridgehead atoms. The maximum Gasteiger partial charge on any atom is 0.199 e. The van der Waals surface area contributed by atoms with Gasteiger partial charge in [0.15, 0.2) is 4.77 Å². The third kappa shape index (κ3) is 1.33. The zero-order valence-corrected chi connectivity index (χ0v) is 9.11. The first-order chi connectivity index (χ1) is 7.86. The van der Waals surface area contributed by atoms with Gasteiger partial charge in [-0.1, -0.05) is 6.07 Å². The van der Waals surface area contributed by atoms with Crippen LogP contribution in [0.3, 0.4) is 0 Å². The molecule has 3 aromatic rings. The summed E-state index contributed by atoms with van der Waals surface area (Å²) in [5.74, 6) is 0. The average Bonchev–Trinajstić information content (AvgIpc) is 2.75. The quantitative estimate of drug-likeness (QED) is 0.651. The van der Waals surface area contributed by atoms with Gasteiger partial charge in [0.2, 0.25) is 0 Å². The highest BCUT2D eigenvalue weighted by Crippen LogP contribution is 2.19. The van der Waals surface area contributed by atoms with E-state index in [9.17, 15) is 0 Å². The molecule has 1 N–H and O–H groups in total. The lowest BCUT2D eigenvalue weighted by Crippen LogP contribution is -1.94. The van der Waals surface area contributed by atoms with Gasteiger partial charge in [-0.2, -0.15) is 5.10 Å². The summed E-state index contributed by atoms with van der Waals surface area (Å²) < 4.78 is 2.41. The Balaban J connectivity index is 2.41. The summed E-state index contributed by atoms with van der Waals surface area (Å²) in [6, 6.07) is 9.86. The van der Waals surface area contributed by atoms with Gasteiger partial charge in [-0.15, -0.1) is 0 Å². The number of H-pyrrole nitrogens is 1. The van der Waals surface area contributed by atoms with Gasteiger partial charge in [0.25, 0.3) is 0 Å². The highest BCUT2D eigenvalue weighted by Gasteiger charge is 2.03. The van der Waals surface area contributed by atoms with E-state index in [0.29, 0.717) is 4.77 Å². The molecule has 2 aromatic heterocycles. The smallest absolute Gasteiger partial charge is 0.199 e. The molecular formula is C11H8N4S. The van der Waals surface area contributed by atoms with Crippen LogP contribution in [0.1, 0.15) is 0 Å². The van der Waals surface area contributed by atoms with Crippen molar-refractivity contribution in [2.75, 3.05) is 0 Å². The van der Waals surface area contributed by atoms with Crippen molar-refractivity contribution in [1.82, 2.24) is 19.7 Å². The average molecular weight is 228 g/mol. The molecule has 2 heterocycles. The lowest BCUT2D eigenvalue weighted by atomic mass is 10.2. The summed E-state index contributed by atoms with van der Waals surface area (Å²) in [6.45, 7) is 0. The monoisotopic (exact) mass is 228 g/mol. The maximum atomic E-state index is 5.15. The maximum absolute atomic E-state index is 5.15. The minimum Gasteiger partial charge on any atom is -0.274 e. The summed E-state index contributed by atoms with van der Waals surface area (Å²) in [5.41, 5.74) is 1.94. The van der Waals surface area contributed by atoms with Crippen molar-refractivity contribution in [2.45, 2.75) is 0 Å². The Morgan fingerprint density at radius 3 is 2.94 bits per heavy atom. The Hall–Kier alpha value is -2.01. The predicted molar refractivity (Wildman–Crippen MR) is 64.0 cm³/mol. The van der Waals surface area contributed by atoms with Crippen molar-refractivity contribution < 1.29 is 0 Å². The van der Waals surface area contributed by atoms with Crippen molar-refractivity contribution in [3.05, 3.63) is 47.6 Å². The second-order valence-corrected chi connectivity index (χ2v) is 3.77. The minimum absolute atomic E-state index is 0.580. The first-order valence-electron chi connectivity index (χ1n) is 4.82. The van der Waals surface area contributed by atoms with E-state index in [0.717, 1.165) is 16.6 Å². The normalized spacial score (nSPS) is 10.8. The van der Waals surface area contributed by atoms with E-state index in [4.69, 9.17) is 12.2 Å². The molecule has 16 heavy (non-hydrogen) atoms. The molecule has 1 aromatic carbocycles. The zero-order chi connectivity index (χ0) is 11.0. The van der Waals surface area contributed by atoms with Crippen LogP contribution in [0, 0.1) is 4.77 Å². The van der Waals surface area contributed by atoms with Gasteiger partial charge >= 0.3 is 0 Å². The molecule has 0 saturated carbocycles. The number of benzene rings is 1. The number of nitrogens with zero attached hydrogens (tertiary/aromatic N) is 3. The standard InChI is InChI=1S/C11H8N4S/c16-11-14-13-7-15(11)10-5-1-4-9-8(10)3-2-6-12-9/h1-7H,(H,14,16). The Morgan fingerprint density at radius 1 is 1.19 bits per heavy atom. The van der Waals surface area contributed by atoms with Crippen molar-refractivity contribution in [3.8, 4) is 5.69 Å². The van der Waals surface area contributed by atoms with Crippen LogP contribution in [0.25, 0.3) is 16.6 Å². The van der Waals surface area contributed by atoms with Crippen LogP contribution < -0.4 is 0 Å². The second-order valence-electron chi connectivity index (χ2n) is 3.38. The lowest BCUT2D eigenvalue weighted by Gasteiger charge is -2.05. The predicted octanol–water partition coefficient (Wildman–Crippen LogP) is 2.48. The van der Waals surface area contributed by atoms with Gasteiger partial charge in [-0.05, 0) is 36.5 Å². The summed E-state index contributed by atoms with van der Waals surface area (Å²) in [5, 5.41) is 7.72. The van der Waals surface area contributed by atoms with Crippen LogP contribution in [-0.2, 0) is 0 Å². The number of hydrogen-bond acceptors (Lipinski definition) is 3. The Labute approximate surface area is 96.6 Å². The Kier molecular flexibility index (Phi) is 2.04. The van der Waals surface area contributed by atoms with Crippen LogP contribution in [0.4, 0.5) is 0 Å². The molecule has 0 radical (unpaired) electrons.